The first kappa shape index (κ1) is 19.7. The third-order valence-corrected chi connectivity index (χ3v) is 5.65. The molecule has 4 aromatic rings. The normalized spacial score (nSPS) is 10.6. The van der Waals surface area contributed by atoms with Crippen molar-refractivity contribution in [2.24, 2.45) is 0 Å². The summed E-state index contributed by atoms with van der Waals surface area (Å²) in [5.74, 6) is -0.776. The van der Waals surface area contributed by atoms with Crippen LogP contribution in [-0.4, -0.2) is 19.0 Å². The van der Waals surface area contributed by atoms with Crippen molar-refractivity contribution in [2.75, 3.05) is 12.4 Å². The van der Waals surface area contributed by atoms with Gasteiger partial charge in [0, 0.05) is 15.4 Å². The highest BCUT2D eigenvalue weighted by molar-refractivity contribution is 7.99. The van der Waals surface area contributed by atoms with Gasteiger partial charge in [-0.25, -0.2) is 4.79 Å². The van der Waals surface area contributed by atoms with Gasteiger partial charge in [0.15, 0.2) is 0 Å². The summed E-state index contributed by atoms with van der Waals surface area (Å²) in [5.41, 5.74) is 1.25. The molecule has 4 nitrogen and oxygen atoms in total. The summed E-state index contributed by atoms with van der Waals surface area (Å²) in [5, 5.41) is 5.19. The first-order chi connectivity index (χ1) is 14.6. The predicted molar refractivity (Wildman–Crippen MR) is 120 cm³/mol. The standard InChI is InChI=1S/C25H19NO3S/c1-29-25(28)22-8-4-5-9-23(22)26-24(27)18-11-13-20(14-12-18)30-21-15-10-17-6-2-3-7-19(17)16-21/h2-16H,1H3,(H,26,27). The molecule has 1 N–H and O–H groups in total. The average Bonchev–Trinajstić information content (AvgIpc) is 2.79. The van der Waals surface area contributed by atoms with Crippen LogP contribution < -0.4 is 5.32 Å². The lowest BCUT2D eigenvalue weighted by atomic mass is 10.1. The monoisotopic (exact) mass is 413 g/mol. The van der Waals surface area contributed by atoms with Crippen LogP contribution in [0.5, 0.6) is 0 Å². The number of hydrogen-bond donors (Lipinski definition) is 1. The van der Waals surface area contributed by atoms with Crippen molar-refractivity contribution in [1.82, 2.24) is 0 Å². The largest absolute Gasteiger partial charge is 0.465 e. The molecule has 0 fully saturated rings. The number of fused-ring (bicyclic) bond motifs is 1. The van der Waals surface area contributed by atoms with Gasteiger partial charge in [-0.1, -0.05) is 54.2 Å². The number of amides is 1. The summed E-state index contributed by atoms with van der Waals surface area (Å²) in [6, 6.07) is 28.8. The molecule has 148 valence electrons. The molecule has 0 aliphatic rings. The van der Waals surface area contributed by atoms with E-state index in [1.54, 1.807) is 48.2 Å². The van der Waals surface area contributed by atoms with Crippen LogP contribution in [0.25, 0.3) is 10.8 Å². The number of ether oxygens (including phenoxy) is 1. The van der Waals surface area contributed by atoms with Crippen LogP contribution in [0.4, 0.5) is 5.69 Å². The van der Waals surface area contributed by atoms with Crippen LogP contribution in [0, 0.1) is 0 Å². The number of benzene rings is 4. The Morgan fingerprint density at radius 2 is 1.43 bits per heavy atom. The van der Waals surface area contributed by atoms with Gasteiger partial charge < -0.3 is 10.1 Å². The van der Waals surface area contributed by atoms with Gasteiger partial charge in [0.2, 0.25) is 0 Å². The van der Waals surface area contributed by atoms with E-state index >= 15 is 0 Å². The van der Waals surface area contributed by atoms with Gasteiger partial charge in [-0.05, 0) is 59.3 Å². The minimum atomic E-state index is -0.493. The van der Waals surface area contributed by atoms with Crippen LogP contribution in [0.2, 0.25) is 0 Å². The fourth-order valence-electron chi connectivity index (χ4n) is 3.12. The van der Waals surface area contributed by atoms with E-state index in [-0.39, 0.29) is 5.91 Å². The molecule has 0 heterocycles. The number of esters is 1. The van der Waals surface area contributed by atoms with E-state index in [0.29, 0.717) is 16.8 Å². The van der Waals surface area contributed by atoms with E-state index in [2.05, 4.69) is 35.6 Å². The summed E-state index contributed by atoms with van der Waals surface area (Å²) in [6.45, 7) is 0. The molecule has 1 amide bonds. The van der Waals surface area contributed by atoms with Crippen molar-refractivity contribution in [3.63, 3.8) is 0 Å². The maximum atomic E-state index is 12.6. The first-order valence-corrected chi connectivity index (χ1v) is 10.2. The number of para-hydroxylation sites is 1. The third kappa shape index (κ3) is 4.36. The molecule has 0 aliphatic heterocycles. The number of methoxy groups -OCH3 is 1. The number of carbonyl (C=O) groups excluding carboxylic acids is 2. The van der Waals surface area contributed by atoms with Crippen LogP contribution >= 0.6 is 11.8 Å². The van der Waals surface area contributed by atoms with Gasteiger partial charge >= 0.3 is 5.97 Å². The molecule has 0 unspecified atom stereocenters. The molecule has 0 bridgehead atoms. The second kappa shape index (κ2) is 8.84. The molecule has 0 aliphatic carbocycles. The topological polar surface area (TPSA) is 55.4 Å². The molecule has 0 spiro atoms. The van der Waals surface area contributed by atoms with Crippen molar-refractivity contribution in [2.45, 2.75) is 9.79 Å². The maximum absolute atomic E-state index is 12.6. The number of carbonyl (C=O) groups is 2. The highest BCUT2D eigenvalue weighted by Crippen LogP contribution is 2.30. The first-order valence-electron chi connectivity index (χ1n) is 9.39. The number of hydrogen-bond acceptors (Lipinski definition) is 4. The van der Waals surface area contributed by atoms with Crippen molar-refractivity contribution >= 4 is 40.1 Å². The van der Waals surface area contributed by atoms with Gasteiger partial charge in [0.05, 0.1) is 18.4 Å². The lowest BCUT2D eigenvalue weighted by Gasteiger charge is -2.10. The Morgan fingerprint density at radius 3 is 2.20 bits per heavy atom. The van der Waals surface area contributed by atoms with Crippen molar-refractivity contribution in [3.05, 3.63) is 102 Å². The van der Waals surface area contributed by atoms with E-state index < -0.39 is 5.97 Å². The van der Waals surface area contributed by atoms with Gasteiger partial charge in [0.25, 0.3) is 5.91 Å². The number of nitrogens with one attached hydrogen (secondary N) is 1. The van der Waals surface area contributed by atoms with Crippen molar-refractivity contribution in [3.8, 4) is 0 Å². The fraction of sp³-hybridized carbons (Fsp3) is 0.0400. The Labute approximate surface area is 178 Å². The Kier molecular flexibility index (Phi) is 5.82. The van der Waals surface area contributed by atoms with E-state index in [1.807, 2.05) is 24.3 Å². The minimum absolute atomic E-state index is 0.284. The number of anilines is 1. The average molecular weight is 413 g/mol. The molecule has 4 aromatic carbocycles. The zero-order valence-corrected chi connectivity index (χ0v) is 17.1. The van der Waals surface area contributed by atoms with Crippen LogP contribution in [-0.2, 0) is 4.74 Å². The molecule has 30 heavy (non-hydrogen) atoms. The minimum Gasteiger partial charge on any atom is -0.465 e. The van der Waals surface area contributed by atoms with Gasteiger partial charge in [0.1, 0.15) is 0 Å². The Balaban J connectivity index is 1.48. The summed E-state index contributed by atoms with van der Waals surface area (Å²) in [6.07, 6.45) is 0. The Morgan fingerprint density at radius 1 is 0.767 bits per heavy atom. The molecular formula is C25H19NO3S. The van der Waals surface area contributed by atoms with Crippen LogP contribution in [0.15, 0.2) is 101 Å². The van der Waals surface area contributed by atoms with Gasteiger partial charge in [-0.2, -0.15) is 0 Å². The zero-order valence-electron chi connectivity index (χ0n) is 16.3. The van der Waals surface area contributed by atoms with Crippen LogP contribution in [0.3, 0.4) is 0 Å². The number of rotatable bonds is 5. The molecule has 0 radical (unpaired) electrons. The van der Waals surface area contributed by atoms with Gasteiger partial charge in [-0.3, -0.25) is 4.79 Å². The maximum Gasteiger partial charge on any atom is 0.339 e. The summed E-state index contributed by atoms with van der Waals surface area (Å²) in [4.78, 5) is 26.7. The smallest absolute Gasteiger partial charge is 0.339 e. The van der Waals surface area contributed by atoms with E-state index in [0.717, 1.165) is 9.79 Å². The van der Waals surface area contributed by atoms with Crippen molar-refractivity contribution < 1.29 is 14.3 Å². The molecule has 0 saturated carbocycles. The second-order valence-electron chi connectivity index (χ2n) is 6.63. The Bertz CT molecular complexity index is 1220. The Hall–Kier alpha value is -3.57. The lowest BCUT2D eigenvalue weighted by molar-refractivity contribution is 0.0602. The third-order valence-electron chi connectivity index (χ3n) is 4.65. The molecule has 0 atom stereocenters. The molecule has 4 rings (SSSR count). The van der Waals surface area contributed by atoms with E-state index in [1.165, 1.54) is 17.9 Å². The zero-order chi connectivity index (χ0) is 20.9. The second-order valence-corrected chi connectivity index (χ2v) is 7.77. The SMILES string of the molecule is COC(=O)c1ccccc1NC(=O)c1ccc(Sc2ccc3ccccc3c2)cc1. The van der Waals surface area contributed by atoms with E-state index in [9.17, 15) is 9.59 Å². The van der Waals surface area contributed by atoms with Crippen LogP contribution in [0.1, 0.15) is 20.7 Å². The predicted octanol–water partition coefficient (Wildman–Crippen LogP) is 6.03. The molecular weight excluding hydrogens is 394 g/mol. The lowest BCUT2D eigenvalue weighted by Crippen LogP contribution is -2.15. The van der Waals surface area contributed by atoms with E-state index in [4.69, 9.17) is 4.74 Å². The summed E-state index contributed by atoms with van der Waals surface area (Å²) < 4.78 is 4.77. The fourth-order valence-corrected chi connectivity index (χ4v) is 3.98. The highest BCUT2D eigenvalue weighted by atomic mass is 32.2. The highest BCUT2D eigenvalue weighted by Gasteiger charge is 2.14. The van der Waals surface area contributed by atoms with Gasteiger partial charge in [-0.15, -0.1) is 0 Å². The summed E-state index contributed by atoms with van der Waals surface area (Å²) in [7, 11) is 1.31. The molecule has 5 heteroatoms. The van der Waals surface area contributed by atoms with Crippen molar-refractivity contribution in [1.29, 1.82) is 0 Å². The summed E-state index contributed by atoms with van der Waals surface area (Å²) >= 11 is 1.64. The molecule has 0 aromatic heterocycles. The molecule has 0 saturated heterocycles. The quantitative estimate of drug-likeness (QED) is 0.406.